The molecule has 3 heterocycles. The van der Waals surface area contributed by atoms with Gasteiger partial charge in [-0.3, -0.25) is 0 Å². The third-order valence-electron chi connectivity index (χ3n) is 13.1. The molecule has 0 spiro atoms. The summed E-state index contributed by atoms with van der Waals surface area (Å²) < 4.78 is 7.58. The van der Waals surface area contributed by atoms with E-state index in [4.69, 9.17) is 4.42 Å². The molecule has 3 nitrogen and oxygen atoms in total. The van der Waals surface area contributed by atoms with Gasteiger partial charge in [-0.15, -0.1) is 0 Å². The van der Waals surface area contributed by atoms with Crippen LogP contribution in [0, 0.1) is 20.8 Å². The molecule has 0 amide bonds. The number of hydrogen-bond acceptors (Lipinski definition) is 3. The van der Waals surface area contributed by atoms with E-state index in [1.54, 1.807) is 0 Å². The molecule has 0 saturated carbocycles. The van der Waals surface area contributed by atoms with Gasteiger partial charge in [-0.1, -0.05) is 126 Å². The number of furan rings is 1. The molecule has 8 rings (SSSR count). The van der Waals surface area contributed by atoms with Crippen molar-refractivity contribution in [3.8, 4) is 0 Å². The van der Waals surface area contributed by atoms with E-state index >= 15 is 0 Å². The van der Waals surface area contributed by atoms with Crippen LogP contribution in [-0.2, 0) is 27.1 Å². The van der Waals surface area contributed by atoms with Crippen molar-refractivity contribution in [3.05, 3.63) is 111 Å². The lowest BCUT2D eigenvalue weighted by atomic mass is 9.35. The van der Waals surface area contributed by atoms with Crippen LogP contribution in [0.1, 0.15) is 148 Å². The van der Waals surface area contributed by atoms with E-state index in [-0.39, 0.29) is 33.8 Å². The van der Waals surface area contributed by atoms with Crippen molar-refractivity contribution in [2.24, 2.45) is 0 Å². The number of fused-ring (bicyclic) bond motifs is 6. The van der Waals surface area contributed by atoms with Crippen molar-refractivity contribution < 1.29 is 4.42 Å². The minimum absolute atomic E-state index is 0.0104. The summed E-state index contributed by atoms with van der Waals surface area (Å²) in [6.07, 6.45) is 2.22. The molecule has 0 N–H and O–H groups in total. The van der Waals surface area contributed by atoms with Gasteiger partial charge in [0.15, 0.2) is 0 Å². The zero-order valence-corrected chi connectivity index (χ0v) is 36.6. The Morgan fingerprint density at radius 2 is 1.09 bits per heavy atom. The topological polar surface area (TPSA) is 19.6 Å². The summed E-state index contributed by atoms with van der Waals surface area (Å²) >= 11 is 0. The third kappa shape index (κ3) is 5.83. The van der Waals surface area contributed by atoms with E-state index in [0.717, 1.165) is 18.5 Å². The van der Waals surface area contributed by atoms with Crippen LogP contribution in [0.5, 0.6) is 0 Å². The highest BCUT2D eigenvalue weighted by Gasteiger charge is 2.52. The Kier molecular flexibility index (Phi) is 8.18. The van der Waals surface area contributed by atoms with Crippen LogP contribution in [0.15, 0.2) is 71.1 Å². The molecule has 0 atom stereocenters. The first-order valence-electron chi connectivity index (χ1n) is 20.7. The van der Waals surface area contributed by atoms with Crippen LogP contribution in [0.3, 0.4) is 0 Å². The van der Waals surface area contributed by atoms with Gasteiger partial charge in [0.2, 0.25) is 0 Å². The van der Waals surface area contributed by atoms with E-state index in [0.29, 0.717) is 0 Å². The van der Waals surface area contributed by atoms with Gasteiger partial charge in [-0.2, -0.15) is 0 Å². The Labute approximate surface area is 332 Å². The lowest BCUT2D eigenvalue weighted by Crippen LogP contribution is -2.61. The lowest BCUT2D eigenvalue weighted by Gasteiger charge is -2.45. The number of aryl methyl sites for hydroxylation is 3. The Bertz CT molecular complexity index is 2340. The molecule has 0 saturated heterocycles. The highest BCUT2D eigenvalue weighted by molar-refractivity contribution is 6.99. The van der Waals surface area contributed by atoms with Crippen molar-refractivity contribution in [1.29, 1.82) is 0 Å². The van der Waals surface area contributed by atoms with Crippen LogP contribution in [-0.4, -0.2) is 6.71 Å². The number of hydrogen-bond donors (Lipinski definition) is 0. The minimum atomic E-state index is -0.0788. The predicted octanol–water partition coefficient (Wildman–Crippen LogP) is 12.5. The Balaban J connectivity index is 1.52. The molecule has 0 fully saturated rings. The maximum Gasteiger partial charge on any atom is 0.297 e. The van der Waals surface area contributed by atoms with Gasteiger partial charge in [0, 0.05) is 33.7 Å². The summed E-state index contributed by atoms with van der Waals surface area (Å²) in [6, 6.07) is 26.3. The summed E-state index contributed by atoms with van der Waals surface area (Å²) in [7, 11) is 0. The highest BCUT2D eigenvalue weighted by atomic mass is 16.3. The summed E-state index contributed by atoms with van der Waals surface area (Å²) in [4.78, 5) is 5.19. The Morgan fingerprint density at radius 3 is 1.65 bits per heavy atom. The Morgan fingerprint density at radius 1 is 0.564 bits per heavy atom. The summed E-state index contributed by atoms with van der Waals surface area (Å²) in [5.41, 5.74) is 20.5. The second-order valence-corrected chi connectivity index (χ2v) is 21.6. The third-order valence-corrected chi connectivity index (χ3v) is 13.1. The average molecular weight is 731 g/mol. The van der Waals surface area contributed by atoms with Crippen LogP contribution in [0.25, 0.3) is 0 Å². The van der Waals surface area contributed by atoms with Gasteiger partial charge in [0.05, 0.1) is 17.0 Å². The van der Waals surface area contributed by atoms with E-state index in [2.05, 4.69) is 187 Å². The van der Waals surface area contributed by atoms with Crippen LogP contribution in [0.2, 0.25) is 0 Å². The number of benzene rings is 4. The fraction of sp³-hybridized carbons (Fsp3) is 0.451. The smallest absolute Gasteiger partial charge is 0.297 e. The zero-order chi connectivity index (χ0) is 39.9. The molecule has 4 aromatic carbocycles. The maximum atomic E-state index is 7.58. The lowest BCUT2D eigenvalue weighted by molar-refractivity contribution is 0.282. The molecule has 0 radical (unpaired) electrons. The number of nitrogens with zero attached hydrogens (tertiary/aromatic N) is 2. The molecule has 55 heavy (non-hydrogen) atoms. The summed E-state index contributed by atoms with van der Waals surface area (Å²) in [5.74, 6) is 1.17. The van der Waals surface area contributed by atoms with Gasteiger partial charge in [0.25, 0.3) is 6.71 Å². The predicted molar refractivity (Wildman–Crippen MR) is 238 cm³/mol. The molecule has 286 valence electrons. The zero-order valence-electron chi connectivity index (χ0n) is 36.6. The van der Waals surface area contributed by atoms with Crippen LogP contribution >= 0.6 is 0 Å². The molecule has 3 aliphatic rings. The van der Waals surface area contributed by atoms with Gasteiger partial charge < -0.3 is 14.2 Å². The quantitative estimate of drug-likeness (QED) is 0.165. The van der Waals surface area contributed by atoms with Crippen LogP contribution in [0.4, 0.5) is 34.1 Å². The first kappa shape index (κ1) is 37.7. The van der Waals surface area contributed by atoms with Crippen molar-refractivity contribution >= 4 is 57.4 Å². The standard InChI is InChI=1S/C51H63BN2O/c1-30-25-39-42-40(26-30)54(43-31(2)27-35(28-32(43)3)49(10,11)12)44-41-45(51(15,16)24-23-50(41,13)14)55-46(44)52(42)37-29-34(48(7,8)9)19-22-38(37)53(39)36-20-17-33(18-21-36)47(4,5)6/h17-22,25-29H,23-24H2,1-16H3. The van der Waals surface area contributed by atoms with E-state index in [1.165, 1.54) is 89.8 Å². The fourth-order valence-corrected chi connectivity index (χ4v) is 9.75. The second-order valence-electron chi connectivity index (χ2n) is 21.6. The molecule has 0 bridgehead atoms. The average Bonchev–Trinajstić information content (AvgIpc) is 3.49. The summed E-state index contributed by atoms with van der Waals surface area (Å²) in [5, 5.41) is 0. The second kappa shape index (κ2) is 11.9. The Hall–Kier alpha value is -4.18. The van der Waals surface area contributed by atoms with Crippen molar-refractivity contribution in [3.63, 3.8) is 0 Å². The molecule has 5 aromatic rings. The van der Waals surface area contributed by atoms with Gasteiger partial charge >= 0.3 is 0 Å². The largest absolute Gasteiger partial charge is 0.472 e. The van der Waals surface area contributed by atoms with Crippen LogP contribution < -0.4 is 26.4 Å². The molecule has 1 aliphatic carbocycles. The molecule has 1 aromatic heterocycles. The molecule has 4 heteroatoms. The molecule has 0 unspecified atom stereocenters. The normalized spacial score (nSPS) is 17.1. The van der Waals surface area contributed by atoms with Gasteiger partial charge in [-0.25, -0.2) is 0 Å². The molecular weight excluding hydrogens is 667 g/mol. The highest BCUT2D eigenvalue weighted by Crippen LogP contribution is 2.55. The number of rotatable bonds is 2. The summed E-state index contributed by atoms with van der Waals surface area (Å²) in [6.45, 7) is 37.4. The molecular formula is C51H63BN2O. The van der Waals surface area contributed by atoms with Crippen molar-refractivity contribution in [2.75, 3.05) is 9.80 Å². The minimum Gasteiger partial charge on any atom is -0.472 e. The van der Waals surface area contributed by atoms with Gasteiger partial charge in [0.1, 0.15) is 5.76 Å². The van der Waals surface area contributed by atoms with Crippen molar-refractivity contribution in [2.45, 2.75) is 151 Å². The first-order chi connectivity index (χ1) is 25.4. The number of anilines is 6. The monoisotopic (exact) mass is 731 g/mol. The van der Waals surface area contributed by atoms with E-state index < -0.39 is 0 Å². The van der Waals surface area contributed by atoms with Crippen molar-refractivity contribution in [1.82, 2.24) is 0 Å². The molecule has 2 aliphatic heterocycles. The first-order valence-corrected chi connectivity index (χ1v) is 20.7. The van der Waals surface area contributed by atoms with Gasteiger partial charge in [-0.05, 0) is 130 Å². The van der Waals surface area contributed by atoms with E-state index in [9.17, 15) is 0 Å². The SMILES string of the molecule is Cc1cc2c3c(c1)N(c1c(C)cc(C(C)(C)C)cc1C)c1c(oc4c1C(C)(C)CCC4(C)C)B3c1cc(C(C)(C)C)ccc1N2c1ccc(C(C)(C)C)cc1. The van der Waals surface area contributed by atoms with E-state index in [1.807, 2.05) is 0 Å². The fourth-order valence-electron chi connectivity index (χ4n) is 9.75. The maximum absolute atomic E-state index is 7.58.